The Labute approximate surface area is 118 Å². The minimum absolute atomic E-state index is 0.174. The molecule has 0 saturated heterocycles. The number of nitrogens with zero attached hydrogens (tertiary/aromatic N) is 2. The van der Waals surface area contributed by atoms with Crippen molar-refractivity contribution < 1.29 is 9.53 Å². The quantitative estimate of drug-likeness (QED) is 0.621. The number of anilines is 1. The monoisotopic (exact) mass is 273 g/mol. The first-order valence-corrected chi connectivity index (χ1v) is 6.65. The Kier molecular flexibility index (Phi) is 5.17. The maximum atomic E-state index is 11.0. The van der Waals surface area contributed by atoms with Crippen LogP contribution in [-0.4, -0.2) is 29.4 Å². The zero-order valence-corrected chi connectivity index (χ0v) is 11.6. The fourth-order valence-electron chi connectivity index (χ4n) is 1.88. The first-order chi connectivity index (χ1) is 9.78. The molecule has 0 unspecified atom stereocenters. The van der Waals surface area contributed by atoms with Crippen molar-refractivity contribution in [3.05, 3.63) is 48.3 Å². The molecule has 1 heterocycles. The van der Waals surface area contributed by atoms with Gasteiger partial charge >= 0.3 is 5.97 Å². The molecule has 0 aliphatic carbocycles. The van der Waals surface area contributed by atoms with E-state index in [1.165, 1.54) is 12.7 Å². The van der Waals surface area contributed by atoms with Crippen molar-refractivity contribution in [1.82, 2.24) is 9.78 Å². The highest BCUT2D eigenvalue weighted by atomic mass is 16.5. The molecule has 0 amide bonds. The molecule has 0 atom stereocenters. The summed E-state index contributed by atoms with van der Waals surface area (Å²) < 4.78 is 6.48. The van der Waals surface area contributed by atoms with Crippen LogP contribution in [0, 0.1) is 0 Å². The van der Waals surface area contributed by atoms with Gasteiger partial charge in [0.15, 0.2) is 0 Å². The van der Waals surface area contributed by atoms with Crippen LogP contribution >= 0.6 is 0 Å². The van der Waals surface area contributed by atoms with E-state index in [1.807, 2.05) is 29.1 Å². The first kappa shape index (κ1) is 14.1. The third-order valence-electron chi connectivity index (χ3n) is 2.94. The third kappa shape index (κ3) is 4.42. The summed E-state index contributed by atoms with van der Waals surface area (Å²) in [5.74, 6) is -0.174. The molecule has 1 aromatic carbocycles. The number of nitrogens with one attached hydrogen (secondary N) is 1. The van der Waals surface area contributed by atoms with Gasteiger partial charge in [0.1, 0.15) is 0 Å². The number of esters is 1. The highest BCUT2D eigenvalue weighted by Gasteiger charge is 2.01. The van der Waals surface area contributed by atoms with Crippen LogP contribution in [0.15, 0.2) is 42.7 Å². The van der Waals surface area contributed by atoms with Gasteiger partial charge in [0.2, 0.25) is 0 Å². The van der Waals surface area contributed by atoms with Crippen molar-refractivity contribution in [1.29, 1.82) is 0 Å². The first-order valence-electron chi connectivity index (χ1n) is 6.65. The van der Waals surface area contributed by atoms with Crippen LogP contribution in [0.4, 0.5) is 5.69 Å². The molecule has 0 fully saturated rings. The van der Waals surface area contributed by atoms with E-state index >= 15 is 0 Å². The van der Waals surface area contributed by atoms with Gasteiger partial charge in [-0.3, -0.25) is 9.48 Å². The Balaban J connectivity index is 1.76. The number of carbonyl (C=O) groups excluding carboxylic acids is 1. The number of aromatic nitrogens is 2. The van der Waals surface area contributed by atoms with E-state index in [1.54, 1.807) is 6.20 Å². The second kappa shape index (κ2) is 7.33. The molecular formula is C15H19N3O2. The zero-order valence-electron chi connectivity index (χ0n) is 11.6. The van der Waals surface area contributed by atoms with E-state index in [2.05, 4.69) is 27.3 Å². The third-order valence-corrected chi connectivity index (χ3v) is 2.94. The van der Waals surface area contributed by atoms with Gasteiger partial charge in [-0.25, -0.2) is 0 Å². The van der Waals surface area contributed by atoms with E-state index in [9.17, 15) is 4.79 Å². The van der Waals surface area contributed by atoms with Crippen molar-refractivity contribution >= 4 is 11.7 Å². The Morgan fingerprint density at radius 2 is 2.15 bits per heavy atom. The fourth-order valence-corrected chi connectivity index (χ4v) is 1.88. The van der Waals surface area contributed by atoms with Gasteiger partial charge in [0.05, 0.1) is 25.5 Å². The van der Waals surface area contributed by atoms with Crippen molar-refractivity contribution in [3.63, 3.8) is 0 Å². The molecule has 2 rings (SSSR count). The molecule has 1 aromatic heterocycles. The minimum atomic E-state index is -0.174. The Morgan fingerprint density at radius 3 is 2.90 bits per heavy atom. The van der Waals surface area contributed by atoms with E-state index in [4.69, 9.17) is 0 Å². The molecule has 0 saturated carbocycles. The number of ether oxygens (including phenoxy) is 1. The summed E-state index contributed by atoms with van der Waals surface area (Å²) in [6, 6.07) is 10.2. The number of benzene rings is 1. The Morgan fingerprint density at radius 1 is 1.35 bits per heavy atom. The summed E-state index contributed by atoms with van der Waals surface area (Å²) in [7, 11) is 1.41. The Hall–Kier alpha value is -2.30. The maximum absolute atomic E-state index is 11.0. The molecule has 5 nitrogen and oxygen atoms in total. The van der Waals surface area contributed by atoms with Gasteiger partial charge in [0.25, 0.3) is 0 Å². The molecule has 0 bridgehead atoms. The van der Waals surface area contributed by atoms with E-state index < -0.39 is 0 Å². The van der Waals surface area contributed by atoms with Gasteiger partial charge in [-0.15, -0.1) is 0 Å². The number of rotatable bonds is 7. The predicted molar refractivity (Wildman–Crippen MR) is 77.5 cm³/mol. The molecule has 1 N–H and O–H groups in total. The summed E-state index contributed by atoms with van der Waals surface area (Å²) in [5, 5.41) is 7.54. The second-order valence-electron chi connectivity index (χ2n) is 4.52. The lowest BCUT2D eigenvalue weighted by molar-refractivity contribution is -0.140. The molecule has 2 aromatic rings. The average Bonchev–Trinajstić information content (AvgIpc) is 2.92. The molecule has 0 aliphatic rings. The lowest BCUT2D eigenvalue weighted by Crippen LogP contribution is -2.06. The van der Waals surface area contributed by atoms with Crippen LogP contribution in [0.5, 0.6) is 0 Å². The van der Waals surface area contributed by atoms with E-state index in [0.29, 0.717) is 6.42 Å². The number of methoxy groups -OCH3 is 1. The maximum Gasteiger partial charge on any atom is 0.305 e. The number of hydrogen-bond donors (Lipinski definition) is 1. The molecule has 0 radical (unpaired) electrons. The second-order valence-corrected chi connectivity index (χ2v) is 4.52. The summed E-state index contributed by atoms with van der Waals surface area (Å²) >= 11 is 0. The van der Waals surface area contributed by atoms with Gasteiger partial charge in [-0.05, 0) is 12.0 Å². The van der Waals surface area contributed by atoms with Crippen molar-refractivity contribution in [2.75, 3.05) is 19.0 Å². The van der Waals surface area contributed by atoms with E-state index in [0.717, 1.165) is 25.2 Å². The minimum Gasteiger partial charge on any atom is -0.469 e. The topological polar surface area (TPSA) is 56.1 Å². The zero-order chi connectivity index (χ0) is 14.2. The summed E-state index contributed by atoms with van der Waals surface area (Å²) in [6.45, 7) is 1.48. The SMILES string of the molecule is COC(=O)CCCNc1cnn(Cc2ccccc2)c1. The molecule has 106 valence electrons. The Bertz CT molecular complexity index is 537. The van der Waals surface area contributed by atoms with Gasteiger partial charge in [0, 0.05) is 19.2 Å². The lowest BCUT2D eigenvalue weighted by Gasteiger charge is -2.03. The highest BCUT2D eigenvalue weighted by Crippen LogP contribution is 2.08. The summed E-state index contributed by atoms with van der Waals surface area (Å²) in [6.07, 6.45) is 4.93. The average molecular weight is 273 g/mol. The standard InChI is InChI=1S/C15H19N3O2/c1-20-15(19)8-5-9-16-14-10-17-18(12-14)11-13-6-3-2-4-7-13/h2-4,6-7,10,12,16H,5,8-9,11H2,1H3. The van der Waals surface area contributed by atoms with Crippen LogP contribution in [0.2, 0.25) is 0 Å². The van der Waals surface area contributed by atoms with Gasteiger partial charge < -0.3 is 10.1 Å². The van der Waals surface area contributed by atoms with Crippen molar-refractivity contribution in [2.45, 2.75) is 19.4 Å². The van der Waals surface area contributed by atoms with Crippen LogP contribution in [0.1, 0.15) is 18.4 Å². The fraction of sp³-hybridized carbons (Fsp3) is 0.333. The molecule has 20 heavy (non-hydrogen) atoms. The van der Waals surface area contributed by atoms with Gasteiger partial charge in [-0.2, -0.15) is 5.10 Å². The molecule has 5 heteroatoms. The summed E-state index contributed by atoms with van der Waals surface area (Å²) in [5.41, 5.74) is 2.18. The van der Waals surface area contributed by atoms with Gasteiger partial charge in [-0.1, -0.05) is 30.3 Å². The normalized spacial score (nSPS) is 10.2. The predicted octanol–water partition coefficient (Wildman–Crippen LogP) is 2.30. The number of hydrogen-bond acceptors (Lipinski definition) is 4. The van der Waals surface area contributed by atoms with E-state index in [-0.39, 0.29) is 5.97 Å². The molecule has 0 aliphatic heterocycles. The van der Waals surface area contributed by atoms with Crippen LogP contribution in [0.3, 0.4) is 0 Å². The van der Waals surface area contributed by atoms with Crippen molar-refractivity contribution in [3.8, 4) is 0 Å². The molecule has 0 spiro atoms. The largest absolute Gasteiger partial charge is 0.469 e. The van der Waals surface area contributed by atoms with Crippen LogP contribution in [-0.2, 0) is 16.1 Å². The highest BCUT2D eigenvalue weighted by molar-refractivity contribution is 5.69. The smallest absolute Gasteiger partial charge is 0.305 e. The number of carbonyl (C=O) groups is 1. The van der Waals surface area contributed by atoms with Crippen molar-refractivity contribution in [2.24, 2.45) is 0 Å². The van der Waals surface area contributed by atoms with Crippen LogP contribution in [0.25, 0.3) is 0 Å². The lowest BCUT2D eigenvalue weighted by atomic mass is 10.2. The summed E-state index contributed by atoms with van der Waals surface area (Å²) in [4.78, 5) is 11.0. The molecular weight excluding hydrogens is 254 g/mol. The van der Waals surface area contributed by atoms with Crippen LogP contribution < -0.4 is 5.32 Å².